The normalized spacial score (nSPS) is 28.3. The minimum absolute atomic E-state index is 0.671. The Kier molecular flexibility index (Phi) is 8.66. The number of allylic oxidation sites excluding steroid dienone is 2. The SMILES string of the molecule is CCc1ccc(C2CCC(CCCCC3CCC(C=CC#N)CC3)CC2)cc1. The van der Waals surface area contributed by atoms with Gasteiger partial charge in [-0.15, -0.1) is 0 Å². The summed E-state index contributed by atoms with van der Waals surface area (Å²) in [6, 6.07) is 11.6. The molecule has 0 saturated heterocycles. The van der Waals surface area contributed by atoms with E-state index in [4.69, 9.17) is 5.26 Å². The van der Waals surface area contributed by atoms with Gasteiger partial charge in [0.05, 0.1) is 6.07 Å². The van der Waals surface area contributed by atoms with Crippen LogP contribution in [0.5, 0.6) is 0 Å². The van der Waals surface area contributed by atoms with Crippen LogP contribution in [0.2, 0.25) is 0 Å². The van der Waals surface area contributed by atoms with E-state index in [0.29, 0.717) is 5.92 Å². The van der Waals surface area contributed by atoms with Crippen molar-refractivity contribution in [3.05, 3.63) is 47.5 Å². The molecule has 0 bridgehead atoms. The number of unbranched alkanes of at least 4 members (excludes halogenated alkanes) is 1. The topological polar surface area (TPSA) is 23.8 Å². The Morgan fingerprint density at radius 3 is 1.96 bits per heavy atom. The summed E-state index contributed by atoms with van der Waals surface area (Å²) in [6.45, 7) is 2.24. The molecule has 1 heteroatoms. The third-order valence-electron chi connectivity index (χ3n) is 7.52. The number of rotatable bonds is 8. The summed E-state index contributed by atoms with van der Waals surface area (Å²) >= 11 is 0. The first-order valence-electron chi connectivity index (χ1n) is 11.9. The highest BCUT2D eigenvalue weighted by molar-refractivity contribution is 5.25. The van der Waals surface area contributed by atoms with E-state index in [1.165, 1.54) is 82.6 Å². The van der Waals surface area contributed by atoms with Crippen molar-refractivity contribution < 1.29 is 0 Å². The molecular formula is C27H39N. The van der Waals surface area contributed by atoms with Gasteiger partial charge in [0, 0.05) is 6.08 Å². The summed E-state index contributed by atoms with van der Waals surface area (Å²) in [7, 11) is 0. The van der Waals surface area contributed by atoms with Crippen LogP contribution in [0.3, 0.4) is 0 Å². The fraction of sp³-hybridized carbons (Fsp3) is 0.667. The van der Waals surface area contributed by atoms with Crippen LogP contribution in [0.15, 0.2) is 36.4 Å². The van der Waals surface area contributed by atoms with Crippen molar-refractivity contribution in [2.24, 2.45) is 17.8 Å². The van der Waals surface area contributed by atoms with Crippen molar-refractivity contribution in [2.45, 2.75) is 96.3 Å². The molecule has 1 aromatic carbocycles. The van der Waals surface area contributed by atoms with Gasteiger partial charge < -0.3 is 0 Å². The predicted octanol–water partition coefficient (Wildman–Crippen LogP) is 7.97. The Labute approximate surface area is 173 Å². The van der Waals surface area contributed by atoms with E-state index in [2.05, 4.69) is 43.3 Å². The summed E-state index contributed by atoms with van der Waals surface area (Å²) in [5.41, 5.74) is 3.04. The van der Waals surface area contributed by atoms with Crippen LogP contribution in [-0.2, 0) is 6.42 Å². The van der Waals surface area contributed by atoms with E-state index in [9.17, 15) is 0 Å². The third kappa shape index (κ3) is 6.51. The van der Waals surface area contributed by atoms with Crippen molar-refractivity contribution in [1.29, 1.82) is 5.26 Å². The molecule has 0 N–H and O–H groups in total. The lowest BCUT2D eigenvalue weighted by Crippen LogP contribution is -2.14. The lowest BCUT2D eigenvalue weighted by Gasteiger charge is -2.29. The van der Waals surface area contributed by atoms with Crippen molar-refractivity contribution in [3.8, 4) is 6.07 Å². The Bertz CT molecular complexity index is 619. The van der Waals surface area contributed by atoms with Crippen molar-refractivity contribution in [3.63, 3.8) is 0 Å². The minimum atomic E-state index is 0.671. The molecule has 0 heterocycles. The van der Waals surface area contributed by atoms with Crippen LogP contribution >= 0.6 is 0 Å². The summed E-state index contributed by atoms with van der Waals surface area (Å²) in [6.07, 6.45) is 21.8. The molecule has 0 aromatic heterocycles. The van der Waals surface area contributed by atoms with Crippen molar-refractivity contribution in [1.82, 2.24) is 0 Å². The summed E-state index contributed by atoms with van der Waals surface area (Å²) in [5, 5.41) is 8.65. The average Bonchev–Trinajstić information content (AvgIpc) is 2.76. The number of benzene rings is 1. The maximum absolute atomic E-state index is 8.65. The first-order chi connectivity index (χ1) is 13.8. The van der Waals surface area contributed by atoms with Gasteiger partial charge in [0.25, 0.3) is 0 Å². The fourth-order valence-corrected chi connectivity index (χ4v) is 5.52. The number of nitrogens with zero attached hydrogens (tertiary/aromatic N) is 1. The predicted molar refractivity (Wildman–Crippen MR) is 119 cm³/mol. The molecule has 0 radical (unpaired) electrons. The third-order valence-corrected chi connectivity index (χ3v) is 7.52. The van der Waals surface area contributed by atoms with Crippen molar-refractivity contribution in [2.75, 3.05) is 0 Å². The molecule has 28 heavy (non-hydrogen) atoms. The van der Waals surface area contributed by atoms with Gasteiger partial charge in [-0.1, -0.05) is 62.9 Å². The van der Waals surface area contributed by atoms with Crippen molar-refractivity contribution >= 4 is 0 Å². The molecular weight excluding hydrogens is 338 g/mol. The van der Waals surface area contributed by atoms with Gasteiger partial charge in [-0.3, -0.25) is 0 Å². The Morgan fingerprint density at radius 2 is 1.43 bits per heavy atom. The number of hydrogen-bond donors (Lipinski definition) is 0. The Hall–Kier alpha value is -1.55. The zero-order valence-electron chi connectivity index (χ0n) is 17.9. The second kappa shape index (κ2) is 11.5. The molecule has 2 aliphatic rings. The van der Waals surface area contributed by atoms with Crippen LogP contribution in [-0.4, -0.2) is 0 Å². The molecule has 0 atom stereocenters. The first-order valence-corrected chi connectivity index (χ1v) is 11.9. The second-order valence-electron chi connectivity index (χ2n) is 9.37. The lowest BCUT2D eigenvalue weighted by molar-refractivity contribution is 0.273. The standard InChI is InChI=1S/C27H39N/c1-2-22-13-17-26(18-14-22)27-19-15-24(16-20-27)7-4-3-6-23-9-11-25(12-10-23)8-5-21-28/h5,8,13-14,17-18,23-25,27H,2-4,6-7,9-12,15-16,19-20H2,1H3. The highest BCUT2D eigenvalue weighted by Gasteiger charge is 2.23. The minimum Gasteiger partial charge on any atom is -0.193 e. The molecule has 1 nitrogen and oxygen atoms in total. The second-order valence-corrected chi connectivity index (χ2v) is 9.37. The monoisotopic (exact) mass is 377 g/mol. The van der Waals surface area contributed by atoms with Crippen LogP contribution in [0.1, 0.15) is 101 Å². The molecule has 0 amide bonds. The highest BCUT2D eigenvalue weighted by Crippen LogP contribution is 2.38. The number of hydrogen-bond acceptors (Lipinski definition) is 1. The lowest BCUT2D eigenvalue weighted by atomic mass is 9.76. The largest absolute Gasteiger partial charge is 0.193 e. The van der Waals surface area contributed by atoms with Gasteiger partial charge in [0.1, 0.15) is 0 Å². The molecule has 2 fully saturated rings. The smallest absolute Gasteiger partial charge is 0.0908 e. The van der Waals surface area contributed by atoms with E-state index in [-0.39, 0.29) is 0 Å². The quantitative estimate of drug-likeness (QED) is 0.333. The van der Waals surface area contributed by atoms with Crippen LogP contribution < -0.4 is 0 Å². The molecule has 2 aliphatic carbocycles. The molecule has 2 saturated carbocycles. The zero-order chi connectivity index (χ0) is 19.6. The van der Waals surface area contributed by atoms with E-state index >= 15 is 0 Å². The van der Waals surface area contributed by atoms with Gasteiger partial charge >= 0.3 is 0 Å². The van der Waals surface area contributed by atoms with Gasteiger partial charge in [0.15, 0.2) is 0 Å². The summed E-state index contributed by atoms with van der Waals surface area (Å²) in [4.78, 5) is 0. The Balaban J connectivity index is 1.27. The summed E-state index contributed by atoms with van der Waals surface area (Å²) < 4.78 is 0. The maximum atomic E-state index is 8.65. The number of aryl methyl sites for hydroxylation is 1. The molecule has 152 valence electrons. The van der Waals surface area contributed by atoms with Gasteiger partial charge in [-0.2, -0.15) is 5.26 Å². The molecule has 0 spiro atoms. The van der Waals surface area contributed by atoms with E-state index in [0.717, 1.165) is 24.2 Å². The Morgan fingerprint density at radius 1 is 0.857 bits per heavy atom. The molecule has 1 aromatic rings. The van der Waals surface area contributed by atoms with E-state index in [1.54, 1.807) is 11.6 Å². The molecule has 3 rings (SSSR count). The summed E-state index contributed by atoms with van der Waals surface area (Å²) in [5.74, 6) is 3.42. The highest BCUT2D eigenvalue weighted by atomic mass is 14.3. The van der Waals surface area contributed by atoms with Gasteiger partial charge in [-0.25, -0.2) is 0 Å². The van der Waals surface area contributed by atoms with Gasteiger partial charge in [-0.05, 0) is 92.6 Å². The fourth-order valence-electron chi connectivity index (χ4n) is 5.52. The first kappa shape index (κ1) is 21.2. The zero-order valence-corrected chi connectivity index (χ0v) is 17.9. The van der Waals surface area contributed by atoms with Crippen LogP contribution in [0.4, 0.5) is 0 Å². The van der Waals surface area contributed by atoms with E-state index < -0.39 is 0 Å². The van der Waals surface area contributed by atoms with E-state index in [1.807, 2.05) is 0 Å². The van der Waals surface area contributed by atoms with Crippen LogP contribution in [0.25, 0.3) is 0 Å². The average molecular weight is 378 g/mol. The molecule has 0 aliphatic heterocycles. The number of nitriles is 1. The van der Waals surface area contributed by atoms with Crippen LogP contribution in [0, 0.1) is 29.1 Å². The molecule has 0 unspecified atom stereocenters. The maximum Gasteiger partial charge on any atom is 0.0908 e. The van der Waals surface area contributed by atoms with Gasteiger partial charge in [0.2, 0.25) is 0 Å².